The van der Waals surface area contributed by atoms with Crippen molar-refractivity contribution in [2.45, 2.75) is 65.7 Å². The molecule has 0 aromatic heterocycles. The molecule has 0 nitrogen and oxygen atoms in total. The summed E-state index contributed by atoms with van der Waals surface area (Å²) in [6.45, 7) is 15.9. The van der Waals surface area contributed by atoms with Gasteiger partial charge in [0.25, 0.3) is 0 Å². The van der Waals surface area contributed by atoms with Gasteiger partial charge < -0.3 is 0 Å². The van der Waals surface area contributed by atoms with Crippen molar-refractivity contribution in [3.05, 3.63) is 24.8 Å². The van der Waals surface area contributed by atoms with E-state index in [2.05, 4.69) is 40.0 Å². The predicted molar refractivity (Wildman–Crippen MR) is 80.5 cm³/mol. The molecule has 0 unspecified atom stereocenters. The minimum atomic E-state index is 0.475. The predicted octanol–water partition coefficient (Wildman–Crippen LogP) is 5.75. The summed E-state index contributed by atoms with van der Waals surface area (Å²) < 4.78 is 0. The fourth-order valence-electron chi connectivity index (χ4n) is 4.90. The van der Waals surface area contributed by atoms with E-state index in [-0.39, 0.29) is 0 Å². The van der Waals surface area contributed by atoms with Gasteiger partial charge in [-0.25, -0.2) is 0 Å². The molecule has 0 amide bonds. The summed E-state index contributed by atoms with van der Waals surface area (Å²) in [5.41, 5.74) is 2.52. The molecule has 2 rings (SSSR count). The van der Waals surface area contributed by atoms with Gasteiger partial charge in [-0.15, -0.1) is 6.58 Å². The first-order valence-corrected chi connectivity index (χ1v) is 7.74. The second-order valence-corrected chi connectivity index (χ2v) is 7.21. The van der Waals surface area contributed by atoms with Gasteiger partial charge in [-0.05, 0) is 54.8 Å². The Labute approximate surface area is 114 Å². The van der Waals surface area contributed by atoms with E-state index in [0.29, 0.717) is 10.8 Å². The Morgan fingerprint density at radius 3 is 2.67 bits per heavy atom. The summed E-state index contributed by atoms with van der Waals surface area (Å²) in [7, 11) is 0. The number of hydrogen-bond acceptors (Lipinski definition) is 0. The molecule has 0 N–H and O–H groups in total. The maximum absolute atomic E-state index is 4.41. The number of rotatable bonds is 3. The van der Waals surface area contributed by atoms with Gasteiger partial charge in [0.2, 0.25) is 0 Å². The van der Waals surface area contributed by atoms with E-state index in [9.17, 15) is 0 Å². The van der Waals surface area contributed by atoms with Gasteiger partial charge in [0, 0.05) is 0 Å². The largest absolute Gasteiger partial charge is 0.103 e. The van der Waals surface area contributed by atoms with E-state index in [1.54, 1.807) is 0 Å². The molecular formula is C18H30. The van der Waals surface area contributed by atoms with Crippen LogP contribution in [0.4, 0.5) is 0 Å². The van der Waals surface area contributed by atoms with Crippen LogP contribution < -0.4 is 0 Å². The number of allylic oxidation sites excluding steroid dienone is 2. The SMILES string of the molecule is C=CCC[C@@H]1C(=C)CC[C@@]2(C)[C@H](C)CCC[C@@]12C. The summed E-state index contributed by atoms with van der Waals surface area (Å²) in [4.78, 5) is 0. The lowest BCUT2D eigenvalue weighted by Crippen LogP contribution is -2.52. The van der Waals surface area contributed by atoms with Crippen molar-refractivity contribution < 1.29 is 0 Å². The average Bonchev–Trinajstić information content (AvgIpc) is 2.33. The first-order chi connectivity index (χ1) is 8.45. The molecule has 102 valence electrons. The molecular weight excluding hydrogens is 216 g/mol. The lowest BCUT2D eigenvalue weighted by atomic mass is 9.43. The molecule has 0 bridgehead atoms. The fourth-order valence-corrected chi connectivity index (χ4v) is 4.90. The van der Waals surface area contributed by atoms with Crippen molar-refractivity contribution in [1.82, 2.24) is 0 Å². The van der Waals surface area contributed by atoms with E-state index >= 15 is 0 Å². The third-order valence-electron chi connectivity index (χ3n) is 6.61. The van der Waals surface area contributed by atoms with Crippen molar-refractivity contribution in [2.75, 3.05) is 0 Å². The quantitative estimate of drug-likeness (QED) is 0.556. The fraction of sp³-hybridized carbons (Fsp3) is 0.778. The van der Waals surface area contributed by atoms with Crippen molar-refractivity contribution in [3.63, 3.8) is 0 Å². The molecule has 2 saturated carbocycles. The molecule has 0 aromatic carbocycles. The standard InChI is InChI=1S/C18H30/c1-6-7-10-16-14(2)11-13-17(4)15(3)9-8-12-18(16,17)5/h6,15-16H,1-2,7-13H2,3-5H3/t15-,16-,17+,18+/m1/s1. The highest BCUT2D eigenvalue weighted by atomic mass is 14.6. The lowest BCUT2D eigenvalue weighted by Gasteiger charge is -2.61. The van der Waals surface area contributed by atoms with Crippen LogP contribution in [-0.4, -0.2) is 0 Å². The second kappa shape index (κ2) is 4.87. The topological polar surface area (TPSA) is 0 Å². The molecule has 2 aliphatic carbocycles. The maximum atomic E-state index is 4.41. The zero-order valence-corrected chi connectivity index (χ0v) is 12.6. The minimum absolute atomic E-state index is 0.475. The van der Waals surface area contributed by atoms with Crippen molar-refractivity contribution in [3.8, 4) is 0 Å². The lowest BCUT2D eigenvalue weighted by molar-refractivity contribution is -0.0894. The summed E-state index contributed by atoms with van der Waals surface area (Å²) in [6.07, 6.45) is 11.3. The Bertz CT molecular complexity index is 340. The van der Waals surface area contributed by atoms with Gasteiger partial charge >= 0.3 is 0 Å². The van der Waals surface area contributed by atoms with Gasteiger partial charge in [0.1, 0.15) is 0 Å². The number of hydrogen-bond donors (Lipinski definition) is 0. The Hall–Kier alpha value is -0.520. The molecule has 2 fully saturated rings. The molecule has 0 heterocycles. The van der Waals surface area contributed by atoms with E-state index in [1.807, 2.05) is 0 Å². The Balaban J connectivity index is 2.32. The monoisotopic (exact) mass is 246 g/mol. The van der Waals surface area contributed by atoms with Crippen LogP contribution in [0.2, 0.25) is 0 Å². The first kappa shape index (κ1) is 13.9. The van der Waals surface area contributed by atoms with Crippen LogP contribution in [0.3, 0.4) is 0 Å². The summed E-state index contributed by atoms with van der Waals surface area (Å²) >= 11 is 0. The van der Waals surface area contributed by atoms with Crippen molar-refractivity contribution >= 4 is 0 Å². The van der Waals surface area contributed by atoms with E-state index in [0.717, 1.165) is 18.3 Å². The van der Waals surface area contributed by atoms with Crippen LogP contribution in [-0.2, 0) is 0 Å². The van der Waals surface area contributed by atoms with E-state index in [4.69, 9.17) is 0 Å². The average molecular weight is 246 g/mol. The van der Waals surface area contributed by atoms with E-state index in [1.165, 1.54) is 44.1 Å². The molecule has 0 spiro atoms. The number of fused-ring (bicyclic) bond motifs is 1. The highest BCUT2D eigenvalue weighted by molar-refractivity contribution is 5.18. The summed E-state index contributed by atoms with van der Waals surface area (Å²) in [5.74, 6) is 1.59. The van der Waals surface area contributed by atoms with Gasteiger partial charge in [-0.3, -0.25) is 0 Å². The smallest absolute Gasteiger partial charge is 0.0144 e. The van der Waals surface area contributed by atoms with Crippen molar-refractivity contribution in [2.24, 2.45) is 22.7 Å². The summed E-state index contributed by atoms with van der Waals surface area (Å²) in [5, 5.41) is 0. The van der Waals surface area contributed by atoms with Crippen LogP contribution in [0, 0.1) is 22.7 Å². The van der Waals surface area contributed by atoms with Gasteiger partial charge in [-0.2, -0.15) is 0 Å². The van der Waals surface area contributed by atoms with Crippen LogP contribution in [0.5, 0.6) is 0 Å². The van der Waals surface area contributed by atoms with Gasteiger partial charge in [0.05, 0.1) is 0 Å². The van der Waals surface area contributed by atoms with Crippen molar-refractivity contribution in [1.29, 1.82) is 0 Å². The third-order valence-corrected chi connectivity index (χ3v) is 6.61. The molecule has 0 radical (unpaired) electrons. The zero-order valence-electron chi connectivity index (χ0n) is 12.6. The zero-order chi connectivity index (χ0) is 13.4. The second-order valence-electron chi connectivity index (χ2n) is 7.21. The van der Waals surface area contributed by atoms with Gasteiger partial charge in [0.15, 0.2) is 0 Å². The minimum Gasteiger partial charge on any atom is -0.103 e. The highest BCUT2D eigenvalue weighted by Crippen LogP contribution is 2.64. The molecule has 0 aromatic rings. The third kappa shape index (κ3) is 1.89. The first-order valence-electron chi connectivity index (χ1n) is 7.74. The van der Waals surface area contributed by atoms with Crippen LogP contribution in [0.15, 0.2) is 24.8 Å². The van der Waals surface area contributed by atoms with Crippen LogP contribution in [0.25, 0.3) is 0 Å². The molecule has 2 aliphatic rings. The highest BCUT2D eigenvalue weighted by Gasteiger charge is 2.55. The summed E-state index contributed by atoms with van der Waals surface area (Å²) in [6, 6.07) is 0. The van der Waals surface area contributed by atoms with Crippen LogP contribution >= 0.6 is 0 Å². The van der Waals surface area contributed by atoms with Crippen LogP contribution in [0.1, 0.15) is 65.7 Å². The molecule has 0 aliphatic heterocycles. The molecule has 4 atom stereocenters. The molecule has 0 heteroatoms. The van der Waals surface area contributed by atoms with E-state index < -0.39 is 0 Å². The normalized spacial score (nSPS) is 44.5. The Morgan fingerprint density at radius 2 is 2.00 bits per heavy atom. The Kier molecular flexibility index (Phi) is 3.76. The molecule has 0 saturated heterocycles. The maximum Gasteiger partial charge on any atom is -0.0144 e. The van der Waals surface area contributed by atoms with Gasteiger partial charge in [-0.1, -0.05) is 51.8 Å². The Morgan fingerprint density at radius 1 is 1.28 bits per heavy atom. The molecule has 18 heavy (non-hydrogen) atoms.